The minimum Gasteiger partial charge on any atom is -0.397 e. The lowest BCUT2D eigenvalue weighted by molar-refractivity contribution is 0.318. The van der Waals surface area contributed by atoms with E-state index in [1.165, 1.54) is 56.0 Å². The molecule has 2 heteroatoms. The van der Waals surface area contributed by atoms with Crippen molar-refractivity contribution in [2.45, 2.75) is 89.4 Å². The van der Waals surface area contributed by atoms with Crippen LogP contribution in [0.25, 0.3) is 0 Å². The zero-order valence-corrected chi connectivity index (χ0v) is 13.4. The van der Waals surface area contributed by atoms with Gasteiger partial charge in [-0.25, -0.2) is 0 Å². The van der Waals surface area contributed by atoms with Gasteiger partial charge in [0.05, 0.1) is 0 Å². The van der Waals surface area contributed by atoms with E-state index in [1.807, 2.05) is 0 Å². The topological polar surface area (TPSA) is 20.2 Å². The molecule has 0 aromatic carbocycles. The highest BCUT2D eigenvalue weighted by atomic mass is 31.1. The third kappa shape index (κ3) is 5.57. The van der Waals surface area contributed by atoms with Crippen molar-refractivity contribution >= 4 is 7.92 Å². The first-order valence-corrected chi connectivity index (χ1v) is 9.86. The third-order valence-electron chi connectivity index (χ3n) is 4.45. The standard InChI is InChI=1S/C14H27P.C2H6O/c1-2-15(13-9-5-3-6-10-13)14-11-7-4-8-12-14;1-2-3/h13-14H,2-12H2,1H3;3H,2H2,1H3. The van der Waals surface area contributed by atoms with Gasteiger partial charge in [-0.2, -0.15) is 0 Å². The number of aliphatic hydroxyl groups is 1. The molecule has 2 aliphatic carbocycles. The second kappa shape index (κ2) is 10.2. The van der Waals surface area contributed by atoms with Crippen LogP contribution < -0.4 is 0 Å². The average molecular weight is 272 g/mol. The van der Waals surface area contributed by atoms with Crippen molar-refractivity contribution in [3.05, 3.63) is 0 Å². The van der Waals surface area contributed by atoms with Gasteiger partial charge < -0.3 is 5.11 Å². The van der Waals surface area contributed by atoms with Gasteiger partial charge in [-0.3, -0.25) is 0 Å². The van der Waals surface area contributed by atoms with Crippen molar-refractivity contribution in [1.82, 2.24) is 0 Å². The van der Waals surface area contributed by atoms with Crippen LogP contribution >= 0.6 is 7.92 Å². The summed E-state index contributed by atoms with van der Waals surface area (Å²) in [5.74, 6) is 0. The van der Waals surface area contributed by atoms with Crippen LogP contribution in [0.4, 0.5) is 0 Å². The van der Waals surface area contributed by atoms with Gasteiger partial charge in [0.15, 0.2) is 0 Å². The van der Waals surface area contributed by atoms with Crippen molar-refractivity contribution in [2.75, 3.05) is 12.8 Å². The van der Waals surface area contributed by atoms with Crippen molar-refractivity contribution in [2.24, 2.45) is 0 Å². The fraction of sp³-hybridized carbons (Fsp3) is 1.00. The van der Waals surface area contributed by atoms with Gasteiger partial charge in [-0.05, 0) is 50.1 Å². The molecule has 18 heavy (non-hydrogen) atoms. The molecule has 0 aromatic rings. The maximum atomic E-state index is 7.57. The molecule has 2 aliphatic rings. The van der Waals surface area contributed by atoms with Crippen molar-refractivity contribution < 1.29 is 5.11 Å². The van der Waals surface area contributed by atoms with Gasteiger partial charge in [0.1, 0.15) is 0 Å². The molecule has 2 rings (SSSR count). The second-order valence-electron chi connectivity index (χ2n) is 5.73. The maximum Gasteiger partial charge on any atom is 0.0402 e. The Morgan fingerprint density at radius 1 is 0.778 bits per heavy atom. The summed E-state index contributed by atoms with van der Waals surface area (Å²) in [7, 11) is 0.405. The first kappa shape index (κ1) is 16.4. The van der Waals surface area contributed by atoms with Crippen molar-refractivity contribution in [3.63, 3.8) is 0 Å². The van der Waals surface area contributed by atoms with E-state index in [1.54, 1.807) is 32.6 Å². The van der Waals surface area contributed by atoms with E-state index in [9.17, 15) is 0 Å². The second-order valence-corrected chi connectivity index (χ2v) is 8.85. The minimum absolute atomic E-state index is 0.250. The lowest BCUT2D eigenvalue weighted by Gasteiger charge is -2.38. The number of hydrogen-bond acceptors (Lipinski definition) is 1. The molecule has 0 unspecified atom stereocenters. The Hall–Kier alpha value is 0.390. The molecule has 0 radical (unpaired) electrons. The van der Waals surface area contributed by atoms with E-state index in [2.05, 4.69) is 6.92 Å². The van der Waals surface area contributed by atoms with Crippen LogP contribution in [0.1, 0.15) is 78.1 Å². The van der Waals surface area contributed by atoms with Crippen LogP contribution in [0, 0.1) is 0 Å². The Morgan fingerprint density at radius 3 is 1.39 bits per heavy atom. The summed E-state index contributed by atoms with van der Waals surface area (Å²) in [5, 5.41) is 7.57. The third-order valence-corrected chi connectivity index (χ3v) is 8.09. The predicted molar refractivity (Wildman–Crippen MR) is 84.0 cm³/mol. The molecule has 0 aromatic heterocycles. The fourth-order valence-electron chi connectivity index (χ4n) is 3.64. The SMILES string of the molecule is CCO.CCP(C1CCCCC1)C1CCCCC1. The molecular weight excluding hydrogens is 239 g/mol. The molecule has 1 nitrogen and oxygen atoms in total. The molecule has 0 amide bonds. The van der Waals surface area contributed by atoms with Crippen LogP contribution in [0.3, 0.4) is 0 Å². The Morgan fingerprint density at radius 2 is 1.11 bits per heavy atom. The summed E-state index contributed by atoms with van der Waals surface area (Å²) >= 11 is 0. The highest BCUT2D eigenvalue weighted by Crippen LogP contribution is 2.55. The monoisotopic (exact) mass is 272 g/mol. The normalized spacial score (nSPS) is 22.7. The molecule has 1 N–H and O–H groups in total. The van der Waals surface area contributed by atoms with Crippen LogP contribution in [0.5, 0.6) is 0 Å². The van der Waals surface area contributed by atoms with Gasteiger partial charge >= 0.3 is 0 Å². The highest BCUT2D eigenvalue weighted by molar-refractivity contribution is 7.59. The maximum absolute atomic E-state index is 7.57. The highest BCUT2D eigenvalue weighted by Gasteiger charge is 2.29. The fourth-order valence-corrected chi connectivity index (χ4v) is 7.33. The van der Waals surface area contributed by atoms with Gasteiger partial charge in [0, 0.05) is 6.61 Å². The molecule has 0 aliphatic heterocycles. The largest absolute Gasteiger partial charge is 0.397 e. The Labute approximate surface area is 116 Å². The molecule has 2 fully saturated rings. The summed E-state index contributed by atoms with van der Waals surface area (Å²) in [5.41, 5.74) is 2.34. The van der Waals surface area contributed by atoms with Crippen LogP contribution in [0.15, 0.2) is 0 Å². The van der Waals surface area contributed by atoms with Crippen LogP contribution in [-0.4, -0.2) is 29.2 Å². The van der Waals surface area contributed by atoms with E-state index in [0.717, 1.165) is 0 Å². The van der Waals surface area contributed by atoms with Crippen LogP contribution in [0.2, 0.25) is 0 Å². The number of rotatable bonds is 3. The van der Waals surface area contributed by atoms with E-state index in [4.69, 9.17) is 5.11 Å². The molecule has 0 saturated heterocycles. The molecule has 2 saturated carbocycles. The summed E-state index contributed by atoms with van der Waals surface area (Å²) in [6.07, 6.45) is 17.0. The van der Waals surface area contributed by atoms with E-state index in [0.29, 0.717) is 7.92 Å². The van der Waals surface area contributed by atoms with Gasteiger partial charge in [0.25, 0.3) is 0 Å². The van der Waals surface area contributed by atoms with Crippen LogP contribution in [-0.2, 0) is 0 Å². The zero-order chi connectivity index (χ0) is 13.2. The molecule has 0 spiro atoms. The summed E-state index contributed by atoms with van der Waals surface area (Å²) in [6, 6.07) is 0. The lowest BCUT2D eigenvalue weighted by atomic mass is 9.99. The Bertz CT molecular complexity index is 166. The lowest BCUT2D eigenvalue weighted by Crippen LogP contribution is -2.21. The molecule has 0 heterocycles. The Kier molecular flexibility index (Phi) is 9.33. The summed E-state index contributed by atoms with van der Waals surface area (Å²) in [6.45, 7) is 4.40. The molecular formula is C16H33OP. The summed E-state index contributed by atoms with van der Waals surface area (Å²) in [4.78, 5) is 0. The molecule has 108 valence electrons. The smallest absolute Gasteiger partial charge is 0.0402 e. The molecule has 0 atom stereocenters. The van der Waals surface area contributed by atoms with Gasteiger partial charge in [0.2, 0.25) is 0 Å². The zero-order valence-electron chi connectivity index (χ0n) is 12.5. The van der Waals surface area contributed by atoms with Crippen molar-refractivity contribution in [1.29, 1.82) is 0 Å². The molecule has 0 bridgehead atoms. The first-order valence-electron chi connectivity index (χ1n) is 8.20. The van der Waals surface area contributed by atoms with Crippen molar-refractivity contribution in [3.8, 4) is 0 Å². The van der Waals surface area contributed by atoms with E-state index < -0.39 is 0 Å². The van der Waals surface area contributed by atoms with Gasteiger partial charge in [-0.1, -0.05) is 45.4 Å². The minimum atomic E-state index is 0.250. The predicted octanol–water partition coefficient (Wildman–Crippen LogP) is 5.15. The number of hydrogen-bond donors (Lipinski definition) is 1. The number of aliphatic hydroxyl groups excluding tert-OH is 1. The average Bonchev–Trinajstić information content (AvgIpc) is 2.43. The van der Waals surface area contributed by atoms with Gasteiger partial charge in [-0.15, -0.1) is 7.92 Å². The van der Waals surface area contributed by atoms with E-state index >= 15 is 0 Å². The summed E-state index contributed by atoms with van der Waals surface area (Å²) < 4.78 is 0. The first-order chi connectivity index (χ1) is 8.83. The van der Waals surface area contributed by atoms with E-state index in [-0.39, 0.29) is 6.61 Å². The quantitative estimate of drug-likeness (QED) is 0.704. The Balaban J connectivity index is 0.000000492.